The standard InChI is InChI=1S/C14H16BrNO/c1-16-8-7-10-9-13(17-2)11-5-3-4-6-12(11)14(10)15/h3-6,9,16H,7-8H2,1-2H3. The van der Waals surface area contributed by atoms with E-state index in [2.05, 4.69) is 39.4 Å². The number of likely N-dealkylation sites (N-methyl/N-ethyl adjacent to an activating group) is 1. The highest BCUT2D eigenvalue weighted by Gasteiger charge is 2.09. The molecule has 0 bridgehead atoms. The van der Waals surface area contributed by atoms with Gasteiger partial charge in [0.15, 0.2) is 0 Å². The second-order valence-corrected chi connectivity index (χ2v) is 4.74. The zero-order chi connectivity index (χ0) is 12.3. The molecule has 0 aromatic heterocycles. The molecular formula is C14H16BrNO. The topological polar surface area (TPSA) is 21.3 Å². The van der Waals surface area contributed by atoms with Crippen molar-refractivity contribution in [3.63, 3.8) is 0 Å². The minimum absolute atomic E-state index is 0.940. The number of hydrogen-bond donors (Lipinski definition) is 1. The van der Waals surface area contributed by atoms with Crippen molar-refractivity contribution in [3.8, 4) is 5.75 Å². The monoisotopic (exact) mass is 293 g/mol. The van der Waals surface area contributed by atoms with Crippen molar-refractivity contribution in [2.24, 2.45) is 0 Å². The Labute approximate surface area is 110 Å². The molecule has 2 aromatic rings. The van der Waals surface area contributed by atoms with Gasteiger partial charge in [-0.25, -0.2) is 0 Å². The maximum Gasteiger partial charge on any atom is 0.127 e. The average Bonchev–Trinajstić information content (AvgIpc) is 2.38. The van der Waals surface area contributed by atoms with Crippen LogP contribution in [0.15, 0.2) is 34.8 Å². The fraction of sp³-hybridized carbons (Fsp3) is 0.286. The van der Waals surface area contributed by atoms with Crippen LogP contribution in [0.25, 0.3) is 10.8 Å². The van der Waals surface area contributed by atoms with Gasteiger partial charge in [0, 0.05) is 9.86 Å². The quantitative estimate of drug-likeness (QED) is 0.933. The van der Waals surface area contributed by atoms with Crippen molar-refractivity contribution in [2.75, 3.05) is 20.7 Å². The molecule has 0 saturated carbocycles. The number of rotatable bonds is 4. The number of hydrogen-bond acceptors (Lipinski definition) is 2. The third-order valence-electron chi connectivity index (χ3n) is 2.88. The van der Waals surface area contributed by atoms with Crippen LogP contribution >= 0.6 is 15.9 Å². The molecule has 0 unspecified atom stereocenters. The summed E-state index contributed by atoms with van der Waals surface area (Å²) < 4.78 is 6.63. The highest BCUT2D eigenvalue weighted by Crippen LogP contribution is 2.34. The lowest BCUT2D eigenvalue weighted by Crippen LogP contribution is -2.10. The van der Waals surface area contributed by atoms with E-state index >= 15 is 0 Å². The van der Waals surface area contributed by atoms with Crippen LogP contribution in [0.4, 0.5) is 0 Å². The van der Waals surface area contributed by atoms with E-state index in [0.29, 0.717) is 0 Å². The van der Waals surface area contributed by atoms with Gasteiger partial charge in [0.1, 0.15) is 5.75 Å². The minimum atomic E-state index is 0.940. The summed E-state index contributed by atoms with van der Waals surface area (Å²) >= 11 is 3.69. The molecule has 0 aliphatic rings. The first-order valence-corrected chi connectivity index (χ1v) is 6.46. The van der Waals surface area contributed by atoms with Crippen LogP contribution < -0.4 is 10.1 Å². The third-order valence-corrected chi connectivity index (χ3v) is 3.82. The molecule has 0 spiro atoms. The lowest BCUT2D eigenvalue weighted by Gasteiger charge is -2.12. The van der Waals surface area contributed by atoms with E-state index in [9.17, 15) is 0 Å². The molecule has 17 heavy (non-hydrogen) atoms. The van der Waals surface area contributed by atoms with Gasteiger partial charge in [-0.2, -0.15) is 0 Å². The molecule has 0 saturated heterocycles. The molecule has 0 fully saturated rings. The first-order chi connectivity index (χ1) is 8.27. The van der Waals surface area contributed by atoms with Crippen molar-refractivity contribution >= 4 is 26.7 Å². The van der Waals surface area contributed by atoms with Gasteiger partial charge in [-0.15, -0.1) is 0 Å². The van der Waals surface area contributed by atoms with Gasteiger partial charge in [-0.1, -0.05) is 24.3 Å². The predicted molar refractivity (Wildman–Crippen MR) is 75.8 cm³/mol. The van der Waals surface area contributed by atoms with E-state index in [4.69, 9.17) is 4.74 Å². The second kappa shape index (κ2) is 5.52. The van der Waals surface area contributed by atoms with Crippen LogP contribution in [-0.4, -0.2) is 20.7 Å². The lowest BCUT2D eigenvalue weighted by atomic mass is 10.0. The van der Waals surface area contributed by atoms with E-state index in [-0.39, 0.29) is 0 Å². The summed E-state index contributed by atoms with van der Waals surface area (Å²) in [6, 6.07) is 10.4. The van der Waals surface area contributed by atoms with Crippen molar-refractivity contribution in [2.45, 2.75) is 6.42 Å². The molecule has 0 heterocycles. The smallest absolute Gasteiger partial charge is 0.127 e. The summed E-state index contributed by atoms with van der Waals surface area (Å²) in [6.07, 6.45) is 0.984. The van der Waals surface area contributed by atoms with Crippen LogP contribution in [0.5, 0.6) is 5.75 Å². The largest absolute Gasteiger partial charge is 0.496 e. The van der Waals surface area contributed by atoms with Crippen LogP contribution in [0.1, 0.15) is 5.56 Å². The molecule has 2 aromatic carbocycles. The van der Waals surface area contributed by atoms with Crippen molar-refractivity contribution < 1.29 is 4.74 Å². The normalized spacial score (nSPS) is 10.8. The van der Waals surface area contributed by atoms with E-state index in [1.54, 1.807) is 7.11 Å². The Morgan fingerprint density at radius 1 is 1.24 bits per heavy atom. The maximum absolute atomic E-state index is 5.46. The van der Waals surface area contributed by atoms with Gasteiger partial charge in [0.2, 0.25) is 0 Å². The number of ether oxygens (including phenoxy) is 1. The highest BCUT2D eigenvalue weighted by atomic mass is 79.9. The van der Waals surface area contributed by atoms with Crippen LogP contribution in [0.3, 0.4) is 0 Å². The Bertz CT molecular complexity index is 525. The molecule has 0 amide bonds. The second-order valence-electron chi connectivity index (χ2n) is 3.95. The van der Waals surface area contributed by atoms with E-state index < -0.39 is 0 Å². The van der Waals surface area contributed by atoms with Crippen molar-refractivity contribution in [1.82, 2.24) is 5.32 Å². The zero-order valence-electron chi connectivity index (χ0n) is 10.1. The van der Waals surface area contributed by atoms with Crippen LogP contribution in [-0.2, 0) is 6.42 Å². The molecule has 0 radical (unpaired) electrons. The highest BCUT2D eigenvalue weighted by molar-refractivity contribution is 9.10. The molecule has 90 valence electrons. The summed E-state index contributed by atoms with van der Waals surface area (Å²) in [6.45, 7) is 0.958. The molecule has 0 atom stereocenters. The molecule has 2 rings (SSSR count). The summed E-state index contributed by atoms with van der Waals surface area (Å²) in [5, 5.41) is 5.52. The Morgan fingerprint density at radius 3 is 2.59 bits per heavy atom. The minimum Gasteiger partial charge on any atom is -0.496 e. The fourth-order valence-corrected chi connectivity index (χ4v) is 2.63. The fourth-order valence-electron chi connectivity index (χ4n) is 1.97. The molecule has 1 N–H and O–H groups in total. The maximum atomic E-state index is 5.46. The van der Waals surface area contributed by atoms with Gasteiger partial charge in [0.05, 0.1) is 7.11 Å². The molecular weight excluding hydrogens is 278 g/mol. The van der Waals surface area contributed by atoms with Crippen LogP contribution in [0, 0.1) is 0 Å². The first kappa shape index (κ1) is 12.4. The van der Waals surface area contributed by atoms with Gasteiger partial charge < -0.3 is 10.1 Å². The summed E-state index contributed by atoms with van der Waals surface area (Å²) in [7, 11) is 3.68. The predicted octanol–water partition coefficient (Wildman–Crippen LogP) is 3.37. The Kier molecular flexibility index (Phi) is 4.02. The molecule has 2 nitrogen and oxygen atoms in total. The average molecular weight is 294 g/mol. The number of fused-ring (bicyclic) bond motifs is 1. The summed E-state index contributed by atoms with van der Waals surface area (Å²) in [5.41, 5.74) is 1.27. The van der Waals surface area contributed by atoms with Gasteiger partial charge >= 0.3 is 0 Å². The Morgan fingerprint density at radius 2 is 1.94 bits per heavy atom. The van der Waals surface area contributed by atoms with Gasteiger partial charge in [-0.3, -0.25) is 0 Å². The summed E-state index contributed by atoms with van der Waals surface area (Å²) in [4.78, 5) is 0. The SMILES string of the molecule is CNCCc1cc(OC)c2ccccc2c1Br. The summed E-state index contributed by atoms with van der Waals surface area (Å²) in [5.74, 6) is 0.940. The lowest BCUT2D eigenvalue weighted by molar-refractivity contribution is 0.419. The number of halogens is 1. The zero-order valence-corrected chi connectivity index (χ0v) is 11.7. The van der Waals surface area contributed by atoms with Gasteiger partial charge in [-0.05, 0) is 53.0 Å². The molecule has 0 aliphatic carbocycles. The van der Waals surface area contributed by atoms with E-state index in [1.807, 2.05) is 19.2 Å². The van der Waals surface area contributed by atoms with Crippen LogP contribution in [0.2, 0.25) is 0 Å². The van der Waals surface area contributed by atoms with E-state index in [1.165, 1.54) is 15.4 Å². The van der Waals surface area contributed by atoms with Gasteiger partial charge in [0.25, 0.3) is 0 Å². The first-order valence-electron chi connectivity index (χ1n) is 5.66. The molecule has 3 heteroatoms. The number of nitrogens with one attached hydrogen (secondary N) is 1. The van der Waals surface area contributed by atoms with Crippen molar-refractivity contribution in [3.05, 3.63) is 40.4 Å². The number of methoxy groups -OCH3 is 1. The van der Waals surface area contributed by atoms with Crippen molar-refractivity contribution in [1.29, 1.82) is 0 Å². The Balaban J connectivity index is 2.58. The number of benzene rings is 2. The van der Waals surface area contributed by atoms with E-state index in [0.717, 1.165) is 24.1 Å². The Hall–Kier alpha value is -1.06. The third kappa shape index (κ3) is 2.45. The molecule has 0 aliphatic heterocycles.